The maximum atomic E-state index is 12.9. The number of nitriles is 1. The van der Waals surface area contributed by atoms with Crippen LogP contribution in [0.15, 0.2) is 36.4 Å². The highest BCUT2D eigenvalue weighted by Crippen LogP contribution is 2.43. The first-order valence-corrected chi connectivity index (χ1v) is 15.0. The highest BCUT2D eigenvalue weighted by Gasteiger charge is 2.38. The molecule has 7 nitrogen and oxygen atoms in total. The van der Waals surface area contributed by atoms with Crippen molar-refractivity contribution in [2.24, 2.45) is 0 Å². The highest BCUT2D eigenvalue weighted by atomic mass is 35.5. The summed E-state index contributed by atoms with van der Waals surface area (Å²) in [7, 11) is 0. The Bertz CT molecular complexity index is 1480. The summed E-state index contributed by atoms with van der Waals surface area (Å²) in [6, 6.07) is 14.9. The van der Waals surface area contributed by atoms with Crippen molar-refractivity contribution in [1.29, 1.82) is 5.26 Å². The van der Waals surface area contributed by atoms with Crippen LogP contribution in [-0.4, -0.2) is 66.0 Å². The van der Waals surface area contributed by atoms with Gasteiger partial charge in [-0.15, -0.1) is 12.4 Å². The van der Waals surface area contributed by atoms with Crippen LogP contribution in [0.2, 0.25) is 0 Å². The lowest BCUT2D eigenvalue weighted by molar-refractivity contribution is 0.0115. The Morgan fingerprint density at radius 3 is 2.26 bits per heavy atom. The van der Waals surface area contributed by atoms with Gasteiger partial charge in [0.15, 0.2) is 0 Å². The van der Waals surface area contributed by atoms with Gasteiger partial charge in [0.1, 0.15) is 0 Å². The second-order valence-electron chi connectivity index (χ2n) is 13.1. The van der Waals surface area contributed by atoms with E-state index < -0.39 is 16.9 Å². The number of piperidine rings is 1. The van der Waals surface area contributed by atoms with Crippen LogP contribution >= 0.6 is 12.4 Å². The molecule has 0 radical (unpaired) electrons. The van der Waals surface area contributed by atoms with Crippen molar-refractivity contribution >= 4 is 35.0 Å². The van der Waals surface area contributed by atoms with Gasteiger partial charge < -0.3 is 19.3 Å². The summed E-state index contributed by atoms with van der Waals surface area (Å²) in [6.45, 7) is 18.5. The van der Waals surface area contributed by atoms with E-state index in [1.165, 1.54) is 11.3 Å². The molecule has 8 heteroatoms. The number of carboxylic acid groups (broad SMARTS) is 1. The lowest BCUT2D eigenvalue weighted by Gasteiger charge is -2.41. The van der Waals surface area contributed by atoms with Crippen LogP contribution in [0.3, 0.4) is 0 Å². The third-order valence-electron chi connectivity index (χ3n) is 9.13. The lowest BCUT2D eigenvalue weighted by Crippen LogP contribution is -2.49. The predicted molar refractivity (Wildman–Crippen MR) is 171 cm³/mol. The molecular weight excluding hydrogens is 548 g/mol. The Morgan fingerprint density at radius 2 is 1.69 bits per heavy atom. The number of halogens is 1. The first kappa shape index (κ1) is 31.9. The quantitative estimate of drug-likeness (QED) is 0.348. The summed E-state index contributed by atoms with van der Waals surface area (Å²) in [6.07, 6.45) is 3.22. The SMILES string of the molecule is CCc1ccc(C(C)(C)c2c(C(=O)O)c3ccc(C#N)cc3n2C(C)(C)C)cc1N1CCC(N2CCOCC2)CC1.Cl. The number of anilines is 1. The van der Waals surface area contributed by atoms with E-state index in [9.17, 15) is 15.2 Å². The number of nitrogens with zero attached hydrogens (tertiary/aromatic N) is 4. The third kappa shape index (κ3) is 5.77. The normalized spacial score (nSPS) is 17.2. The van der Waals surface area contributed by atoms with Crippen molar-refractivity contribution in [2.75, 3.05) is 44.3 Å². The number of carbonyl (C=O) groups is 1. The van der Waals surface area contributed by atoms with Gasteiger partial charge in [0.05, 0.1) is 35.9 Å². The predicted octanol–water partition coefficient (Wildman–Crippen LogP) is 6.58. The zero-order chi connectivity index (χ0) is 29.5. The van der Waals surface area contributed by atoms with Crippen LogP contribution in [0.25, 0.3) is 10.9 Å². The molecule has 0 atom stereocenters. The van der Waals surface area contributed by atoms with Crippen LogP contribution < -0.4 is 4.90 Å². The molecule has 2 aliphatic heterocycles. The Hall–Kier alpha value is -3.05. The van der Waals surface area contributed by atoms with Gasteiger partial charge in [-0.2, -0.15) is 5.26 Å². The maximum absolute atomic E-state index is 12.9. The van der Waals surface area contributed by atoms with Gasteiger partial charge in [0, 0.05) is 59.9 Å². The number of benzene rings is 2. The molecule has 0 amide bonds. The fourth-order valence-electron chi connectivity index (χ4n) is 6.96. The topological polar surface area (TPSA) is 81.7 Å². The number of aromatic nitrogens is 1. The van der Waals surface area contributed by atoms with Crippen LogP contribution in [0.5, 0.6) is 0 Å². The second-order valence-corrected chi connectivity index (χ2v) is 13.1. The zero-order valence-corrected chi connectivity index (χ0v) is 26.7. The minimum atomic E-state index is -0.943. The van der Waals surface area contributed by atoms with Crippen LogP contribution in [0.1, 0.15) is 87.1 Å². The second kappa shape index (κ2) is 12.3. The van der Waals surface area contributed by atoms with Crippen molar-refractivity contribution in [3.63, 3.8) is 0 Å². The Kier molecular flexibility index (Phi) is 9.32. The van der Waals surface area contributed by atoms with Gasteiger partial charge in [0.25, 0.3) is 0 Å². The molecule has 0 saturated carbocycles. The number of morpholine rings is 1. The number of hydrogen-bond donors (Lipinski definition) is 1. The monoisotopic (exact) mass is 592 g/mol. The van der Waals surface area contributed by atoms with Gasteiger partial charge in [0.2, 0.25) is 0 Å². The molecule has 2 saturated heterocycles. The van der Waals surface area contributed by atoms with E-state index in [1.807, 2.05) is 6.07 Å². The smallest absolute Gasteiger partial charge is 0.338 e. The summed E-state index contributed by atoms with van der Waals surface area (Å²) in [5.74, 6) is -0.943. The molecule has 0 bridgehead atoms. The van der Waals surface area contributed by atoms with E-state index in [4.69, 9.17) is 4.74 Å². The Balaban J connectivity index is 0.00000405. The standard InChI is InChI=1S/C34H44N4O3.ClH/c1-7-24-9-10-25(21-28(24)37-14-12-26(13-15-37)36-16-18-41-19-17-36)34(5,6)31-30(32(39)40)27-11-8-23(22-35)20-29(27)38(31)33(2,3)4;/h8-11,20-21,26H,7,12-19H2,1-6H3,(H,39,40);1H. The van der Waals surface area contributed by atoms with Crippen molar-refractivity contribution in [1.82, 2.24) is 9.47 Å². The minimum absolute atomic E-state index is 0. The van der Waals surface area contributed by atoms with Crippen molar-refractivity contribution in [3.05, 3.63) is 64.3 Å². The maximum Gasteiger partial charge on any atom is 0.338 e. The molecule has 226 valence electrons. The summed E-state index contributed by atoms with van der Waals surface area (Å²) >= 11 is 0. The molecule has 2 fully saturated rings. The number of rotatable bonds is 6. The molecule has 3 aromatic rings. The number of aryl methyl sites for hydroxylation is 1. The van der Waals surface area contributed by atoms with Gasteiger partial charge in [-0.3, -0.25) is 4.90 Å². The van der Waals surface area contributed by atoms with Crippen LogP contribution in [0, 0.1) is 11.3 Å². The summed E-state index contributed by atoms with van der Waals surface area (Å²) in [4.78, 5) is 18.0. The fourth-order valence-corrected chi connectivity index (χ4v) is 6.96. The third-order valence-corrected chi connectivity index (χ3v) is 9.13. The molecular formula is C34H45ClN4O3. The first-order chi connectivity index (χ1) is 19.5. The average molecular weight is 593 g/mol. The Morgan fingerprint density at radius 1 is 1.02 bits per heavy atom. The number of carboxylic acids is 1. The van der Waals surface area contributed by atoms with Crippen molar-refractivity contribution in [3.8, 4) is 6.07 Å². The van der Waals surface area contributed by atoms with Crippen LogP contribution in [0.4, 0.5) is 5.69 Å². The molecule has 1 aromatic heterocycles. The fraction of sp³-hybridized carbons (Fsp3) is 0.529. The van der Waals surface area contributed by atoms with Crippen molar-refractivity contribution < 1.29 is 14.6 Å². The molecule has 2 aromatic carbocycles. The number of ether oxygens (including phenoxy) is 1. The molecule has 42 heavy (non-hydrogen) atoms. The van der Waals surface area contributed by atoms with Gasteiger partial charge in [-0.25, -0.2) is 4.79 Å². The van der Waals surface area contributed by atoms with Gasteiger partial charge in [-0.1, -0.05) is 39.0 Å². The van der Waals surface area contributed by atoms with E-state index >= 15 is 0 Å². The van der Waals surface area contributed by atoms with Gasteiger partial charge in [-0.05, 0) is 69.4 Å². The summed E-state index contributed by atoms with van der Waals surface area (Å²) < 4.78 is 7.72. The molecule has 3 heterocycles. The molecule has 5 rings (SSSR count). The van der Waals surface area contributed by atoms with E-state index in [2.05, 4.69) is 80.2 Å². The molecule has 0 spiro atoms. The van der Waals surface area contributed by atoms with Gasteiger partial charge >= 0.3 is 5.97 Å². The number of aromatic carboxylic acids is 1. The summed E-state index contributed by atoms with van der Waals surface area (Å²) in [5.41, 5.74) is 5.06. The molecule has 0 unspecified atom stereocenters. The highest BCUT2D eigenvalue weighted by molar-refractivity contribution is 6.06. The largest absolute Gasteiger partial charge is 0.478 e. The van der Waals surface area contributed by atoms with E-state index in [0.717, 1.165) is 75.4 Å². The summed E-state index contributed by atoms with van der Waals surface area (Å²) in [5, 5.41) is 20.8. The van der Waals surface area contributed by atoms with E-state index in [1.54, 1.807) is 12.1 Å². The van der Waals surface area contributed by atoms with E-state index in [0.29, 0.717) is 22.6 Å². The first-order valence-electron chi connectivity index (χ1n) is 15.0. The van der Waals surface area contributed by atoms with Crippen molar-refractivity contribution in [2.45, 2.75) is 77.8 Å². The lowest BCUT2D eigenvalue weighted by atomic mass is 9.78. The molecule has 1 N–H and O–H groups in total. The zero-order valence-electron chi connectivity index (χ0n) is 25.9. The average Bonchev–Trinajstić information content (AvgIpc) is 3.34. The van der Waals surface area contributed by atoms with E-state index in [-0.39, 0.29) is 12.4 Å². The number of hydrogen-bond acceptors (Lipinski definition) is 5. The minimum Gasteiger partial charge on any atom is -0.478 e. The molecule has 2 aliphatic rings. The van der Waals surface area contributed by atoms with Crippen LogP contribution in [-0.2, 0) is 22.1 Å². The molecule has 0 aliphatic carbocycles. The number of fused-ring (bicyclic) bond motifs is 1. The Labute approximate surface area is 256 Å².